The summed E-state index contributed by atoms with van der Waals surface area (Å²) in [6.45, 7) is 0. The lowest BCUT2D eigenvalue weighted by Gasteiger charge is -2.20. The number of ketones is 1. The van der Waals surface area contributed by atoms with Gasteiger partial charge < -0.3 is 4.74 Å². The van der Waals surface area contributed by atoms with Crippen molar-refractivity contribution in [1.29, 1.82) is 0 Å². The van der Waals surface area contributed by atoms with Crippen LogP contribution in [-0.4, -0.2) is 11.8 Å². The Hall–Kier alpha value is -4.31. The predicted octanol–water partition coefficient (Wildman–Crippen LogP) is 7.36. The van der Waals surface area contributed by atoms with Crippen molar-refractivity contribution < 1.29 is 18.7 Å². The molecule has 4 atom stereocenters. The number of cyclic esters (lactones) is 1. The number of carbonyl (C=O) groups is 2. The molecule has 6 rings (SSSR count). The maximum atomic E-state index is 14.4. The van der Waals surface area contributed by atoms with Crippen molar-refractivity contribution in [1.82, 2.24) is 0 Å². The molecule has 0 N–H and O–H groups in total. The summed E-state index contributed by atoms with van der Waals surface area (Å²) in [4.78, 5) is 26.5. The quantitative estimate of drug-likeness (QED) is 0.162. The summed E-state index contributed by atoms with van der Waals surface area (Å²) in [6.07, 6.45) is 3.67. The van der Waals surface area contributed by atoms with E-state index in [1.807, 2.05) is 84.9 Å². The Labute approximate surface area is 215 Å². The van der Waals surface area contributed by atoms with Gasteiger partial charge in [-0.1, -0.05) is 103 Å². The molecule has 1 heterocycles. The molecule has 4 aromatic rings. The molecule has 182 valence electrons. The van der Waals surface area contributed by atoms with Crippen molar-refractivity contribution in [2.75, 3.05) is 0 Å². The van der Waals surface area contributed by atoms with E-state index in [0.717, 1.165) is 27.8 Å². The molecule has 4 heteroatoms. The number of rotatable bonds is 6. The van der Waals surface area contributed by atoms with Crippen molar-refractivity contribution in [3.8, 4) is 0 Å². The van der Waals surface area contributed by atoms with Crippen LogP contribution in [-0.2, 0) is 9.53 Å². The Morgan fingerprint density at radius 1 is 0.757 bits per heavy atom. The smallest absolute Gasteiger partial charge is 0.310 e. The molecular weight excluding hydrogens is 463 g/mol. The van der Waals surface area contributed by atoms with Crippen LogP contribution in [0.5, 0.6) is 0 Å². The third-order valence-electron chi connectivity index (χ3n) is 7.53. The number of benzene rings is 4. The molecule has 37 heavy (non-hydrogen) atoms. The molecule has 1 saturated heterocycles. The molecule has 3 nitrogen and oxygen atoms in total. The number of hydrogen-bond acceptors (Lipinski definition) is 3. The van der Waals surface area contributed by atoms with Crippen LogP contribution in [0.1, 0.15) is 62.5 Å². The molecule has 0 bridgehead atoms. The zero-order chi connectivity index (χ0) is 25.4. The van der Waals surface area contributed by atoms with Crippen LogP contribution in [0.25, 0.3) is 12.2 Å². The fraction of sp³-hybridized carbons (Fsp3) is 0.152. The van der Waals surface area contributed by atoms with E-state index < -0.39 is 17.9 Å². The average molecular weight is 489 g/mol. The van der Waals surface area contributed by atoms with Gasteiger partial charge in [-0.25, -0.2) is 4.39 Å². The summed E-state index contributed by atoms with van der Waals surface area (Å²) < 4.78 is 20.4. The maximum absolute atomic E-state index is 14.4. The predicted molar refractivity (Wildman–Crippen MR) is 141 cm³/mol. The Morgan fingerprint density at radius 3 is 2.24 bits per heavy atom. The van der Waals surface area contributed by atoms with Crippen LogP contribution in [0.2, 0.25) is 0 Å². The Kier molecular flexibility index (Phi) is 6.01. The highest BCUT2D eigenvalue weighted by atomic mass is 19.1. The molecule has 4 aromatic carbocycles. The molecule has 1 fully saturated rings. The van der Waals surface area contributed by atoms with Crippen molar-refractivity contribution in [2.24, 2.45) is 5.92 Å². The zero-order valence-electron chi connectivity index (χ0n) is 20.1. The second-order valence-electron chi connectivity index (χ2n) is 9.66. The first kappa shape index (κ1) is 23.1. The number of esters is 1. The summed E-state index contributed by atoms with van der Waals surface area (Å²) in [7, 11) is 0. The van der Waals surface area contributed by atoms with Gasteiger partial charge in [0.05, 0.1) is 5.92 Å². The lowest BCUT2D eigenvalue weighted by atomic mass is 9.81. The summed E-state index contributed by atoms with van der Waals surface area (Å²) in [5.41, 5.74) is 5.13. The van der Waals surface area contributed by atoms with Crippen LogP contribution in [0.15, 0.2) is 103 Å². The summed E-state index contributed by atoms with van der Waals surface area (Å²) in [6, 6.07) is 31.6. The number of carbonyl (C=O) groups excluding carboxylic acids is 2. The van der Waals surface area contributed by atoms with Crippen LogP contribution < -0.4 is 0 Å². The first-order valence-electron chi connectivity index (χ1n) is 12.5. The van der Waals surface area contributed by atoms with Gasteiger partial charge in [-0.3, -0.25) is 9.59 Å². The first-order valence-corrected chi connectivity index (χ1v) is 12.5. The monoisotopic (exact) mass is 488 g/mol. The molecule has 0 spiro atoms. The summed E-state index contributed by atoms with van der Waals surface area (Å²) in [5, 5.41) is 0. The highest BCUT2D eigenvalue weighted by Crippen LogP contribution is 2.59. The van der Waals surface area contributed by atoms with E-state index >= 15 is 0 Å². The van der Waals surface area contributed by atoms with Crippen molar-refractivity contribution in [3.63, 3.8) is 0 Å². The lowest BCUT2D eigenvalue weighted by Crippen LogP contribution is -2.19. The topological polar surface area (TPSA) is 43.4 Å². The summed E-state index contributed by atoms with van der Waals surface area (Å²) >= 11 is 0. The average Bonchev–Trinajstić information content (AvgIpc) is 3.43. The number of ether oxygens (including phenoxy) is 1. The normalized spacial score (nSPS) is 22.0. The molecule has 0 radical (unpaired) electrons. The van der Waals surface area contributed by atoms with Crippen LogP contribution in [0.4, 0.5) is 4.39 Å². The molecule has 0 amide bonds. The number of Topliss-reactive ketones (excluding diaryl/α,β-unsaturated/α-hetero) is 1. The van der Waals surface area contributed by atoms with Gasteiger partial charge in [0, 0.05) is 29.4 Å². The minimum Gasteiger partial charge on any atom is -0.457 e. The highest BCUT2D eigenvalue weighted by molar-refractivity contribution is 5.97. The van der Waals surface area contributed by atoms with Gasteiger partial charge >= 0.3 is 5.97 Å². The number of fused-ring (bicyclic) bond motifs is 3. The van der Waals surface area contributed by atoms with E-state index in [4.69, 9.17) is 4.74 Å². The van der Waals surface area contributed by atoms with Gasteiger partial charge in [-0.2, -0.15) is 0 Å². The molecule has 2 aliphatic rings. The van der Waals surface area contributed by atoms with E-state index in [1.54, 1.807) is 18.2 Å². The minimum absolute atomic E-state index is 0.0658. The molecule has 1 aliphatic carbocycles. The second kappa shape index (κ2) is 9.62. The van der Waals surface area contributed by atoms with Crippen molar-refractivity contribution >= 4 is 23.9 Å². The fourth-order valence-corrected chi connectivity index (χ4v) is 5.85. The van der Waals surface area contributed by atoms with Gasteiger partial charge in [0.25, 0.3) is 0 Å². The van der Waals surface area contributed by atoms with E-state index in [2.05, 4.69) is 0 Å². The van der Waals surface area contributed by atoms with Crippen LogP contribution in [0.3, 0.4) is 0 Å². The molecule has 0 unspecified atom stereocenters. The Balaban J connectivity index is 1.38. The maximum Gasteiger partial charge on any atom is 0.310 e. The highest BCUT2D eigenvalue weighted by Gasteiger charge is 2.56. The van der Waals surface area contributed by atoms with Crippen LogP contribution >= 0.6 is 0 Å². The van der Waals surface area contributed by atoms with Gasteiger partial charge in [-0.05, 0) is 34.4 Å². The van der Waals surface area contributed by atoms with E-state index in [1.165, 1.54) is 12.1 Å². The van der Waals surface area contributed by atoms with Gasteiger partial charge in [0.1, 0.15) is 11.9 Å². The number of hydrogen-bond donors (Lipinski definition) is 0. The third-order valence-corrected chi connectivity index (χ3v) is 7.53. The van der Waals surface area contributed by atoms with Gasteiger partial charge in [-0.15, -0.1) is 0 Å². The van der Waals surface area contributed by atoms with Gasteiger partial charge in [0.2, 0.25) is 0 Å². The Bertz CT molecular complexity index is 1490. The minimum atomic E-state index is -0.541. The Morgan fingerprint density at radius 2 is 1.46 bits per heavy atom. The standard InChI is InChI=1S/C33H25FO3/c34-24-17-18-26-27(19-24)28(20-29(35)23-12-5-2-6-13-23)31-30(26)32(37-33(31)36)25-14-8-7-11-22(25)16-15-21-9-3-1-4-10-21/h1-19,28,30-32H,20H2/b16-15+/t28-,30+,31-,32+/m0/s1. The molecule has 1 aliphatic heterocycles. The summed E-state index contributed by atoms with van der Waals surface area (Å²) in [5.74, 6) is -2.04. The van der Waals surface area contributed by atoms with Crippen LogP contribution in [0, 0.1) is 11.7 Å². The van der Waals surface area contributed by atoms with Crippen molar-refractivity contribution in [2.45, 2.75) is 24.4 Å². The lowest BCUT2D eigenvalue weighted by molar-refractivity contribution is -0.145. The van der Waals surface area contributed by atoms with Crippen molar-refractivity contribution in [3.05, 3.63) is 142 Å². The number of halogens is 1. The fourth-order valence-electron chi connectivity index (χ4n) is 5.85. The third kappa shape index (κ3) is 4.29. The van der Waals surface area contributed by atoms with E-state index in [9.17, 15) is 14.0 Å². The molecular formula is C33H25FO3. The van der Waals surface area contributed by atoms with E-state index in [0.29, 0.717) is 5.56 Å². The largest absolute Gasteiger partial charge is 0.457 e. The zero-order valence-corrected chi connectivity index (χ0v) is 20.1. The van der Waals surface area contributed by atoms with E-state index in [-0.39, 0.29) is 29.9 Å². The molecule has 0 aromatic heterocycles. The van der Waals surface area contributed by atoms with Gasteiger partial charge in [0.15, 0.2) is 5.78 Å². The second-order valence-corrected chi connectivity index (χ2v) is 9.66. The molecule has 0 saturated carbocycles. The first-order chi connectivity index (χ1) is 18.1. The SMILES string of the molecule is O=C(C[C@H]1c2cc(F)ccc2[C@@H]2[C@H]1C(=O)O[C@@H]2c1ccccc1/C=C/c1ccccc1)c1ccccc1.